The van der Waals surface area contributed by atoms with Crippen molar-refractivity contribution in [1.29, 1.82) is 0 Å². The van der Waals surface area contributed by atoms with Crippen molar-refractivity contribution in [2.24, 2.45) is 0 Å². The van der Waals surface area contributed by atoms with Gasteiger partial charge in [-0.25, -0.2) is 0 Å². The van der Waals surface area contributed by atoms with Crippen molar-refractivity contribution in [3.63, 3.8) is 0 Å². The van der Waals surface area contributed by atoms with Gasteiger partial charge in [0.05, 0.1) is 11.0 Å². The van der Waals surface area contributed by atoms with Crippen LogP contribution in [0.3, 0.4) is 0 Å². The first-order valence-electron chi connectivity index (χ1n) is 8.02. The Morgan fingerprint density at radius 3 is 2.43 bits per heavy atom. The van der Waals surface area contributed by atoms with Gasteiger partial charge in [-0.2, -0.15) is 0 Å². The Hall–Kier alpha value is -1.99. The van der Waals surface area contributed by atoms with Crippen LogP contribution in [0.2, 0.25) is 0 Å². The number of nitro benzene ring substituents is 1. The molecule has 1 aromatic rings. The molecular formula is C16H22N4O3. The molecule has 2 aliphatic rings. The molecule has 1 amide bonds. The zero-order valence-corrected chi connectivity index (χ0v) is 13.4. The minimum absolute atomic E-state index is 0.0519. The Morgan fingerprint density at radius 2 is 1.83 bits per heavy atom. The van der Waals surface area contributed by atoms with E-state index < -0.39 is 4.92 Å². The van der Waals surface area contributed by atoms with E-state index in [4.69, 9.17) is 0 Å². The van der Waals surface area contributed by atoms with Crippen molar-refractivity contribution in [3.8, 4) is 0 Å². The van der Waals surface area contributed by atoms with Crippen molar-refractivity contribution in [3.05, 3.63) is 34.4 Å². The summed E-state index contributed by atoms with van der Waals surface area (Å²) >= 11 is 0. The molecule has 2 heterocycles. The fourth-order valence-electron chi connectivity index (χ4n) is 3.33. The van der Waals surface area contributed by atoms with E-state index in [-0.39, 0.29) is 17.6 Å². The molecule has 1 aromatic carbocycles. The van der Waals surface area contributed by atoms with E-state index in [0.29, 0.717) is 6.42 Å². The lowest BCUT2D eigenvalue weighted by atomic mass is 10.1. The molecule has 2 fully saturated rings. The molecule has 2 aliphatic heterocycles. The molecule has 7 nitrogen and oxygen atoms in total. The number of benzene rings is 1. The minimum atomic E-state index is -0.419. The Balaban J connectivity index is 1.70. The van der Waals surface area contributed by atoms with Gasteiger partial charge >= 0.3 is 0 Å². The summed E-state index contributed by atoms with van der Waals surface area (Å²) in [6, 6.07) is 6.45. The average Bonchev–Trinajstić information content (AvgIpc) is 2.90. The van der Waals surface area contributed by atoms with Gasteiger partial charge in [-0.05, 0) is 25.6 Å². The third kappa shape index (κ3) is 3.51. The molecule has 7 heteroatoms. The topological polar surface area (TPSA) is 69.9 Å². The molecule has 0 saturated carbocycles. The van der Waals surface area contributed by atoms with Gasteiger partial charge in [-0.3, -0.25) is 19.8 Å². The maximum absolute atomic E-state index is 12.3. The first-order chi connectivity index (χ1) is 11.0. The second-order valence-electron chi connectivity index (χ2n) is 6.33. The summed E-state index contributed by atoms with van der Waals surface area (Å²) in [4.78, 5) is 29.1. The van der Waals surface area contributed by atoms with Crippen molar-refractivity contribution in [2.45, 2.75) is 18.9 Å². The summed E-state index contributed by atoms with van der Waals surface area (Å²) in [6.45, 7) is 5.03. The number of nitrogens with zero attached hydrogens (tertiary/aromatic N) is 4. The van der Waals surface area contributed by atoms with Crippen LogP contribution in [-0.2, 0) is 4.79 Å². The monoisotopic (exact) mass is 318 g/mol. The highest BCUT2D eigenvalue weighted by atomic mass is 16.6. The number of carbonyl (C=O) groups is 1. The van der Waals surface area contributed by atoms with Gasteiger partial charge in [-0.1, -0.05) is 0 Å². The summed E-state index contributed by atoms with van der Waals surface area (Å²) in [5.74, 6) is 0.109. The van der Waals surface area contributed by atoms with Crippen molar-refractivity contribution in [2.75, 3.05) is 44.7 Å². The SMILES string of the molecule is CN1CCN(C[C@@H]2CCC(=O)N2c2ccc([N+](=O)[O-])cc2)CC1. The van der Waals surface area contributed by atoms with Crippen LogP contribution >= 0.6 is 0 Å². The lowest BCUT2D eigenvalue weighted by Gasteiger charge is -2.36. The van der Waals surface area contributed by atoms with Crippen LogP contribution in [0.5, 0.6) is 0 Å². The number of rotatable bonds is 4. The Kier molecular flexibility index (Phi) is 4.58. The van der Waals surface area contributed by atoms with Gasteiger partial charge in [0.15, 0.2) is 0 Å². The van der Waals surface area contributed by atoms with Crippen LogP contribution in [0, 0.1) is 10.1 Å². The van der Waals surface area contributed by atoms with Gasteiger partial charge in [0, 0.05) is 57.0 Å². The molecule has 0 aliphatic carbocycles. The van der Waals surface area contributed by atoms with E-state index in [0.717, 1.165) is 44.8 Å². The highest BCUT2D eigenvalue weighted by Gasteiger charge is 2.33. The van der Waals surface area contributed by atoms with Crippen LogP contribution in [0.4, 0.5) is 11.4 Å². The molecule has 124 valence electrons. The first-order valence-corrected chi connectivity index (χ1v) is 8.02. The van der Waals surface area contributed by atoms with E-state index in [9.17, 15) is 14.9 Å². The van der Waals surface area contributed by atoms with Crippen LogP contribution in [-0.4, -0.2) is 66.4 Å². The smallest absolute Gasteiger partial charge is 0.269 e. The molecule has 0 spiro atoms. The molecule has 0 aromatic heterocycles. The molecule has 1 atom stereocenters. The molecule has 23 heavy (non-hydrogen) atoms. The van der Waals surface area contributed by atoms with Crippen LogP contribution in [0.15, 0.2) is 24.3 Å². The number of hydrogen-bond donors (Lipinski definition) is 0. The second-order valence-corrected chi connectivity index (χ2v) is 6.33. The number of non-ortho nitro benzene ring substituents is 1. The van der Waals surface area contributed by atoms with Crippen LogP contribution in [0.1, 0.15) is 12.8 Å². The molecular weight excluding hydrogens is 296 g/mol. The van der Waals surface area contributed by atoms with Gasteiger partial charge in [0.1, 0.15) is 0 Å². The summed E-state index contributed by atoms with van der Waals surface area (Å²) in [5, 5.41) is 10.8. The number of hydrogen-bond acceptors (Lipinski definition) is 5. The molecule has 0 bridgehead atoms. The standard InChI is InChI=1S/C16H22N4O3/c1-17-8-10-18(11-9-17)12-15-6-7-16(21)19(15)13-2-4-14(5-3-13)20(22)23/h2-5,15H,6-12H2,1H3/t15-/m0/s1. The lowest BCUT2D eigenvalue weighted by Crippen LogP contribution is -2.49. The summed E-state index contributed by atoms with van der Waals surface area (Å²) < 4.78 is 0. The maximum Gasteiger partial charge on any atom is 0.269 e. The second kappa shape index (κ2) is 6.64. The van der Waals surface area contributed by atoms with Crippen molar-refractivity contribution < 1.29 is 9.72 Å². The number of carbonyl (C=O) groups excluding carboxylic acids is 1. The summed E-state index contributed by atoms with van der Waals surface area (Å²) in [6.07, 6.45) is 1.40. The van der Waals surface area contributed by atoms with Gasteiger partial charge in [0.25, 0.3) is 5.69 Å². The predicted octanol–water partition coefficient (Wildman–Crippen LogP) is 1.34. The number of likely N-dealkylation sites (N-methyl/N-ethyl adjacent to an activating group) is 1. The average molecular weight is 318 g/mol. The maximum atomic E-state index is 12.3. The third-order valence-corrected chi connectivity index (χ3v) is 4.73. The van der Waals surface area contributed by atoms with Crippen LogP contribution < -0.4 is 4.90 Å². The van der Waals surface area contributed by atoms with E-state index in [2.05, 4.69) is 16.8 Å². The Bertz CT molecular complexity index is 581. The van der Waals surface area contributed by atoms with E-state index in [1.54, 1.807) is 12.1 Å². The fourth-order valence-corrected chi connectivity index (χ4v) is 3.33. The van der Waals surface area contributed by atoms with Crippen molar-refractivity contribution >= 4 is 17.3 Å². The first kappa shape index (κ1) is 15.9. The summed E-state index contributed by atoms with van der Waals surface area (Å²) in [7, 11) is 2.12. The lowest BCUT2D eigenvalue weighted by molar-refractivity contribution is -0.384. The number of anilines is 1. The van der Waals surface area contributed by atoms with Crippen molar-refractivity contribution in [1.82, 2.24) is 9.80 Å². The number of piperazine rings is 1. The number of amides is 1. The molecule has 3 rings (SSSR count). The Labute approximate surface area is 135 Å². The van der Waals surface area contributed by atoms with Gasteiger partial charge < -0.3 is 9.80 Å². The van der Waals surface area contributed by atoms with Gasteiger partial charge in [-0.15, -0.1) is 0 Å². The fraction of sp³-hybridized carbons (Fsp3) is 0.562. The normalized spacial score (nSPS) is 23.4. The molecule has 0 unspecified atom stereocenters. The predicted molar refractivity (Wildman–Crippen MR) is 87.5 cm³/mol. The van der Waals surface area contributed by atoms with E-state index >= 15 is 0 Å². The quantitative estimate of drug-likeness (QED) is 0.619. The molecule has 2 saturated heterocycles. The zero-order chi connectivity index (χ0) is 16.4. The highest BCUT2D eigenvalue weighted by Crippen LogP contribution is 2.28. The largest absolute Gasteiger partial charge is 0.308 e. The number of nitro groups is 1. The molecule has 0 radical (unpaired) electrons. The van der Waals surface area contributed by atoms with E-state index in [1.165, 1.54) is 12.1 Å². The molecule has 0 N–H and O–H groups in total. The third-order valence-electron chi connectivity index (χ3n) is 4.73. The van der Waals surface area contributed by atoms with E-state index in [1.807, 2.05) is 4.90 Å². The summed E-state index contributed by atoms with van der Waals surface area (Å²) in [5.41, 5.74) is 0.813. The Morgan fingerprint density at radius 1 is 1.17 bits per heavy atom. The van der Waals surface area contributed by atoms with Gasteiger partial charge in [0.2, 0.25) is 5.91 Å². The zero-order valence-electron chi connectivity index (χ0n) is 13.4. The van der Waals surface area contributed by atoms with Crippen LogP contribution in [0.25, 0.3) is 0 Å². The highest BCUT2D eigenvalue weighted by molar-refractivity contribution is 5.96. The minimum Gasteiger partial charge on any atom is -0.308 e.